The number of nitrogens with one attached hydrogen (secondary N) is 1. The van der Waals surface area contributed by atoms with E-state index in [9.17, 15) is 14.4 Å². The number of hydrogen-bond acceptors (Lipinski definition) is 4. The SMILES string of the molecule is CN1C(=O)c2ccc(NC(=O)N3CCO[C@@H]4CCCC[C@@H]43)cc2C1=O. The number of hydrogen-bond donors (Lipinski definition) is 1. The van der Waals surface area contributed by atoms with Crippen LogP contribution in [0, 0.1) is 0 Å². The highest BCUT2D eigenvalue weighted by Crippen LogP contribution is 2.29. The Morgan fingerprint density at radius 3 is 2.76 bits per heavy atom. The minimum atomic E-state index is -0.338. The number of nitrogens with zero attached hydrogens (tertiary/aromatic N) is 2. The minimum Gasteiger partial charge on any atom is -0.374 e. The first-order valence-electron chi connectivity index (χ1n) is 8.72. The summed E-state index contributed by atoms with van der Waals surface area (Å²) in [6.07, 6.45) is 4.33. The predicted molar refractivity (Wildman–Crippen MR) is 90.6 cm³/mol. The Labute approximate surface area is 145 Å². The number of imide groups is 1. The molecule has 7 nitrogen and oxygen atoms in total. The lowest BCUT2D eigenvalue weighted by Gasteiger charge is -2.43. The van der Waals surface area contributed by atoms with E-state index in [4.69, 9.17) is 4.74 Å². The summed E-state index contributed by atoms with van der Waals surface area (Å²) >= 11 is 0. The normalized spacial score (nSPS) is 25.6. The Bertz CT molecular complexity index is 746. The Kier molecular flexibility index (Phi) is 3.95. The summed E-state index contributed by atoms with van der Waals surface area (Å²) in [5.41, 5.74) is 1.24. The lowest BCUT2D eigenvalue weighted by Crippen LogP contribution is -2.55. The van der Waals surface area contributed by atoms with Crippen molar-refractivity contribution in [1.29, 1.82) is 0 Å². The van der Waals surface area contributed by atoms with Crippen LogP contribution in [0.4, 0.5) is 10.5 Å². The lowest BCUT2D eigenvalue weighted by atomic mass is 9.90. The van der Waals surface area contributed by atoms with Crippen LogP contribution in [0.15, 0.2) is 18.2 Å². The molecule has 1 saturated heterocycles. The summed E-state index contributed by atoms with van der Waals surface area (Å²) in [5.74, 6) is -0.647. The van der Waals surface area contributed by atoms with Gasteiger partial charge in [0.1, 0.15) is 0 Å². The quantitative estimate of drug-likeness (QED) is 0.792. The third-order valence-electron chi connectivity index (χ3n) is 5.33. The predicted octanol–water partition coefficient (Wildman–Crippen LogP) is 2.09. The molecule has 3 aliphatic rings. The zero-order chi connectivity index (χ0) is 17.6. The lowest BCUT2D eigenvalue weighted by molar-refractivity contribution is -0.0694. The maximum atomic E-state index is 12.7. The minimum absolute atomic E-state index is 0.117. The van der Waals surface area contributed by atoms with Crippen LogP contribution in [-0.4, -0.2) is 60.0 Å². The molecule has 1 aliphatic carbocycles. The molecule has 2 atom stereocenters. The molecule has 0 bridgehead atoms. The largest absolute Gasteiger partial charge is 0.374 e. The molecule has 2 heterocycles. The molecule has 1 saturated carbocycles. The van der Waals surface area contributed by atoms with E-state index in [2.05, 4.69) is 5.32 Å². The van der Waals surface area contributed by atoms with Gasteiger partial charge >= 0.3 is 6.03 Å². The number of ether oxygens (including phenoxy) is 1. The third-order valence-corrected chi connectivity index (χ3v) is 5.33. The summed E-state index contributed by atoms with van der Waals surface area (Å²) in [6.45, 7) is 1.12. The van der Waals surface area contributed by atoms with Gasteiger partial charge in [0, 0.05) is 19.3 Å². The first kappa shape index (κ1) is 16.1. The number of carbonyl (C=O) groups is 3. The smallest absolute Gasteiger partial charge is 0.322 e. The number of urea groups is 1. The molecule has 0 aromatic heterocycles. The van der Waals surface area contributed by atoms with E-state index in [-0.39, 0.29) is 30.0 Å². The number of benzene rings is 1. The van der Waals surface area contributed by atoms with Gasteiger partial charge in [-0.05, 0) is 31.0 Å². The van der Waals surface area contributed by atoms with Crippen LogP contribution in [0.3, 0.4) is 0 Å². The molecule has 4 rings (SSSR count). The van der Waals surface area contributed by atoms with Crippen molar-refractivity contribution in [3.05, 3.63) is 29.3 Å². The summed E-state index contributed by atoms with van der Waals surface area (Å²) in [6, 6.07) is 4.78. The molecule has 7 heteroatoms. The van der Waals surface area contributed by atoms with E-state index in [1.807, 2.05) is 4.90 Å². The van der Waals surface area contributed by atoms with Crippen LogP contribution >= 0.6 is 0 Å². The standard InChI is InChI=1S/C18H21N3O4/c1-20-16(22)12-7-6-11(10-13(12)17(20)23)19-18(24)21-8-9-25-15-5-3-2-4-14(15)21/h6-7,10,14-15H,2-5,8-9H2,1H3,(H,19,24)/t14-,15+/m0/s1. The van der Waals surface area contributed by atoms with E-state index < -0.39 is 0 Å². The molecule has 25 heavy (non-hydrogen) atoms. The van der Waals surface area contributed by atoms with Crippen molar-refractivity contribution in [2.45, 2.75) is 37.8 Å². The molecule has 0 spiro atoms. The third kappa shape index (κ3) is 2.68. The van der Waals surface area contributed by atoms with E-state index in [1.165, 1.54) is 7.05 Å². The maximum absolute atomic E-state index is 12.7. The van der Waals surface area contributed by atoms with Gasteiger partial charge in [0.25, 0.3) is 11.8 Å². The number of morpholine rings is 1. The molecule has 0 unspecified atom stereocenters. The molecule has 2 aliphatic heterocycles. The van der Waals surface area contributed by atoms with Crippen molar-refractivity contribution in [3.63, 3.8) is 0 Å². The van der Waals surface area contributed by atoms with Crippen LogP contribution in [0.5, 0.6) is 0 Å². The number of fused-ring (bicyclic) bond motifs is 2. The van der Waals surface area contributed by atoms with Gasteiger partial charge in [-0.1, -0.05) is 12.8 Å². The Morgan fingerprint density at radius 2 is 1.92 bits per heavy atom. The topological polar surface area (TPSA) is 79.0 Å². The molecule has 2 fully saturated rings. The van der Waals surface area contributed by atoms with E-state index in [1.54, 1.807) is 18.2 Å². The van der Waals surface area contributed by atoms with Gasteiger partial charge in [0.05, 0.1) is 29.9 Å². The van der Waals surface area contributed by atoms with Crippen molar-refractivity contribution >= 4 is 23.5 Å². The summed E-state index contributed by atoms with van der Waals surface area (Å²) in [7, 11) is 1.46. The molecule has 1 aromatic carbocycles. The first-order valence-corrected chi connectivity index (χ1v) is 8.72. The van der Waals surface area contributed by atoms with Gasteiger partial charge < -0.3 is 15.0 Å². The zero-order valence-electron chi connectivity index (χ0n) is 14.2. The zero-order valence-corrected chi connectivity index (χ0v) is 14.2. The second-order valence-electron chi connectivity index (χ2n) is 6.81. The molecule has 1 aromatic rings. The number of rotatable bonds is 1. The molecule has 0 radical (unpaired) electrons. The van der Waals surface area contributed by atoms with Gasteiger partial charge in [-0.3, -0.25) is 14.5 Å². The molecule has 132 valence electrons. The van der Waals surface area contributed by atoms with Gasteiger partial charge in [-0.25, -0.2) is 4.79 Å². The number of carbonyl (C=O) groups excluding carboxylic acids is 3. The number of amides is 4. The number of anilines is 1. The average Bonchev–Trinajstić information content (AvgIpc) is 2.85. The Hall–Kier alpha value is -2.41. The molecule has 1 N–H and O–H groups in total. The second kappa shape index (κ2) is 6.15. The van der Waals surface area contributed by atoms with Crippen molar-refractivity contribution in [1.82, 2.24) is 9.80 Å². The molecule has 4 amide bonds. The fourth-order valence-corrected chi connectivity index (χ4v) is 3.98. The summed E-state index contributed by atoms with van der Waals surface area (Å²) < 4.78 is 5.80. The molecular weight excluding hydrogens is 322 g/mol. The van der Waals surface area contributed by atoms with Crippen molar-refractivity contribution < 1.29 is 19.1 Å². The van der Waals surface area contributed by atoms with E-state index in [0.717, 1.165) is 30.6 Å². The first-order chi connectivity index (χ1) is 12.1. The fourth-order valence-electron chi connectivity index (χ4n) is 3.98. The van der Waals surface area contributed by atoms with Gasteiger partial charge in [0.2, 0.25) is 0 Å². The monoisotopic (exact) mass is 343 g/mol. The van der Waals surface area contributed by atoms with Crippen LogP contribution in [-0.2, 0) is 4.74 Å². The maximum Gasteiger partial charge on any atom is 0.322 e. The molecular formula is C18H21N3O4. The van der Waals surface area contributed by atoms with Crippen molar-refractivity contribution in [3.8, 4) is 0 Å². The van der Waals surface area contributed by atoms with Crippen LogP contribution < -0.4 is 5.32 Å². The van der Waals surface area contributed by atoms with Crippen molar-refractivity contribution in [2.24, 2.45) is 0 Å². The van der Waals surface area contributed by atoms with E-state index in [0.29, 0.717) is 30.0 Å². The summed E-state index contributed by atoms with van der Waals surface area (Å²) in [5, 5.41) is 2.87. The fraction of sp³-hybridized carbons (Fsp3) is 0.500. The average molecular weight is 343 g/mol. The van der Waals surface area contributed by atoms with E-state index >= 15 is 0 Å². The van der Waals surface area contributed by atoms with Crippen LogP contribution in [0.1, 0.15) is 46.4 Å². The van der Waals surface area contributed by atoms with Gasteiger partial charge in [-0.2, -0.15) is 0 Å². The Morgan fingerprint density at radius 1 is 1.16 bits per heavy atom. The van der Waals surface area contributed by atoms with Crippen molar-refractivity contribution in [2.75, 3.05) is 25.5 Å². The Balaban J connectivity index is 1.52. The van der Waals surface area contributed by atoms with Crippen LogP contribution in [0.25, 0.3) is 0 Å². The highest BCUT2D eigenvalue weighted by Gasteiger charge is 2.37. The van der Waals surface area contributed by atoms with Gasteiger partial charge in [-0.15, -0.1) is 0 Å². The van der Waals surface area contributed by atoms with Gasteiger partial charge in [0.15, 0.2) is 0 Å². The van der Waals surface area contributed by atoms with Crippen LogP contribution in [0.2, 0.25) is 0 Å². The second-order valence-corrected chi connectivity index (χ2v) is 6.81. The highest BCUT2D eigenvalue weighted by molar-refractivity contribution is 6.21. The highest BCUT2D eigenvalue weighted by atomic mass is 16.5. The summed E-state index contributed by atoms with van der Waals surface area (Å²) in [4.78, 5) is 39.7.